The van der Waals surface area contributed by atoms with E-state index in [1.54, 1.807) is 0 Å². The van der Waals surface area contributed by atoms with Crippen molar-refractivity contribution in [3.63, 3.8) is 0 Å². The van der Waals surface area contributed by atoms with E-state index < -0.39 is 0 Å². The molecule has 2 aromatic heterocycles. The van der Waals surface area contributed by atoms with Crippen molar-refractivity contribution in [1.82, 2.24) is 19.5 Å². The molecule has 0 spiro atoms. The van der Waals surface area contributed by atoms with Crippen LogP contribution in [-0.2, 0) is 0 Å². The van der Waals surface area contributed by atoms with Gasteiger partial charge < -0.3 is 4.57 Å². The van der Waals surface area contributed by atoms with E-state index >= 15 is 0 Å². The van der Waals surface area contributed by atoms with Gasteiger partial charge in [0.2, 0.25) is 0 Å². The Morgan fingerprint density at radius 3 is 1.39 bits per heavy atom. The molecule has 0 fully saturated rings. The summed E-state index contributed by atoms with van der Waals surface area (Å²) < 4.78 is 2.39. The van der Waals surface area contributed by atoms with Gasteiger partial charge in [-0.25, -0.2) is 15.0 Å². The van der Waals surface area contributed by atoms with E-state index in [2.05, 4.69) is 102 Å². The number of nitrogens with zero attached hydrogens (tertiary/aromatic N) is 4. The maximum absolute atomic E-state index is 4.93. The molecular weight excluding hydrogens is 560 g/mol. The predicted octanol–water partition coefficient (Wildman–Crippen LogP) is 10.4. The Hall–Kier alpha value is -6.13. The predicted molar refractivity (Wildman–Crippen MR) is 188 cm³/mol. The summed E-state index contributed by atoms with van der Waals surface area (Å²) in [5.74, 6) is 1.97. The summed E-state index contributed by atoms with van der Waals surface area (Å²) in [5, 5.41) is 1.29. The molecule has 0 atom stereocenters. The standard InChI is InChI=1S/C42H28N4/c1-27-38-35-20-11-10-18-33(35)32-17-8-9-19-34(32)36-21-12-22-37(39(36)38)46(27)31-25-23-30(24-26-31)42-44-40(28-13-4-2-5-14-28)43-41(45-42)29-15-6-3-7-16-29/h2-26H,1H3. The number of hydrogen-bond acceptors (Lipinski definition) is 3. The van der Waals surface area contributed by atoms with Crippen molar-refractivity contribution in [2.45, 2.75) is 6.92 Å². The molecule has 4 nitrogen and oxygen atoms in total. The van der Waals surface area contributed by atoms with Crippen LogP contribution in [0.1, 0.15) is 5.69 Å². The first-order valence-corrected chi connectivity index (χ1v) is 15.6. The largest absolute Gasteiger partial charge is 0.313 e. The molecule has 9 rings (SSSR count). The molecule has 46 heavy (non-hydrogen) atoms. The monoisotopic (exact) mass is 588 g/mol. The molecule has 0 aliphatic heterocycles. The summed E-state index contributed by atoms with van der Waals surface area (Å²) in [5.41, 5.74) is 14.0. The summed E-state index contributed by atoms with van der Waals surface area (Å²) >= 11 is 0. The molecule has 1 aliphatic carbocycles. The normalized spacial score (nSPS) is 11.6. The Balaban J connectivity index is 1.21. The zero-order valence-corrected chi connectivity index (χ0v) is 25.2. The van der Waals surface area contributed by atoms with Gasteiger partial charge in [0.05, 0.1) is 5.52 Å². The maximum atomic E-state index is 4.93. The molecule has 1 aliphatic rings. The Kier molecular flexibility index (Phi) is 6.00. The summed E-state index contributed by atoms with van der Waals surface area (Å²) in [4.78, 5) is 14.7. The second-order valence-corrected chi connectivity index (χ2v) is 11.7. The highest BCUT2D eigenvalue weighted by atomic mass is 15.0. The molecule has 0 amide bonds. The highest BCUT2D eigenvalue weighted by molar-refractivity contribution is 6.14. The highest BCUT2D eigenvalue weighted by Gasteiger charge is 2.26. The lowest BCUT2D eigenvalue weighted by Crippen LogP contribution is -2.01. The lowest BCUT2D eigenvalue weighted by atomic mass is 9.94. The topological polar surface area (TPSA) is 43.6 Å². The van der Waals surface area contributed by atoms with Crippen molar-refractivity contribution in [3.05, 3.63) is 157 Å². The Morgan fingerprint density at radius 2 is 0.826 bits per heavy atom. The van der Waals surface area contributed by atoms with Gasteiger partial charge in [0, 0.05) is 39.0 Å². The van der Waals surface area contributed by atoms with Gasteiger partial charge in [-0.2, -0.15) is 0 Å². The summed E-state index contributed by atoms with van der Waals surface area (Å²) in [6.45, 7) is 2.24. The van der Waals surface area contributed by atoms with Gasteiger partial charge in [0.25, 0.3) is 0 Å². The average Bonchev–Trinajstić information content (AvgIpc) is 3.36. The van der Waals surface area contributed by atoms with E-state index in [1.165, 1.54) is 50.0 Å². The number of fused-ring (bicyclic) bond motifs is 5. The molecule has 216 valence electrons. The van der Waals surface area contributed by atoms with Gasteiger partial charge in [0.1, 0.15) is 0 Å². The fourth-order valence-electron chi connectivity index (χ4n) is 6.94. The number of hydrogen-bond donors (Lipinski definition) is 0. The molecule has 2 heterocycles. The highest BCUT2D eigenvalue weighted by Crippen LogP contribution is 2.50. The lowest BCUT2D eigenvalue weighted by Gasteiger charge is -2.14. The number of benzene rings is 6. The van der Waals surface area contributed by atoms with Crippen LogP contribution in [0.5, 0.6) is 0 Å². The zero-order chi connectivity index (χ0) is 30.6. The van der Waals surface area contributed by atoms with Crippen molar-refractivity contribution in [2.24, 2.45) is 0 Å². The zero-order valence-electron chi connectivity index (χ0n) is 25.2. The summed E-state index contributed by atoms with van der Waals surface area (Å²) in [6, 6.07) is 53.0. The van der Waals surface area contributed by atoms with E-state index in [9.17, 15) is 0 Å². The second kappa shape index (κ2) is 10.5. The van der Waals surface area contributed by atoms with Crippen molar-refractivity contribution < 1.29 is 0 Å². The third-order valence-corrected chi connectivity index (χ3v) is 9.02. The van der Waals surface area contributed by atoms with E-state index in [-0.39, 0.29) is 0 Å². The van der Waals surface area contributed by atoms with Gasteiger partial charge >= 0.3 is 0 Å². The van der Waals surface area contributed by atoms with Gasteiger partial charge in [-0.05, 0) is 65.1 Å². The fourth-order valence-corrected chi connectivity index (χ4v) is 6.94. The van der Waals surface area contributed by atoms with Crippen LogP contribution in [0.3, 0.4) is 0 Å². The van der Waals surface area contributed by atoms with Crippen molar-refractivity contribution in [3.8, 4) is 73.2 Å². The third-order valence-electron chi connectivity index (χ3n) is 9.02. The van der Waals surface area contributed by atoms with E-state index in [4.69, 9.17) is 15.0 Å². The van der Waals surface area contributed by atoms with E-state index in [0.717, 1.165) is 22.4 Å². The molecule has 6 aromatic carbocycles. The van der Waals surface area contributed by atoms with Gasteiger partial charge in [-0.15, -0.1) is 0 Å². The van der Waals surface area contributed by atoms with E-state index in [1.807, 2.05) is 60.7 Å². The number of aromatic nitrogens is 4. The van der Waals surface area contributed by atoms with Gasteiger partial charge in [0.15, 0.2) is 17.5 Å². The molecule has 0 unspecified atom stereocenters. The Labute approximate surface area is 267 Å². The number of rotatable bonds is 4. The molecule has 8 aromatic rings. The van der Waals surface area contributed by atoms with Crippen molar-refractivity contribution in [2.75, 3.05) is 0 Å². The molecule has 0 saturated heterocycles. The van der Waals surface area contributed by atoms with Crippen LogP contribution in [0.15, 0.2) is 152 Å². The van der Waals surface area contributed by atoms with Crippen LogP contribution >= 0.6 is 0 Å². The molecular formula is C42H28N4. The van der Waals surface area contributed by atoms with Crippen LogP contribution < -0.4 is 0 Å². The van der Waals surface area contributed by atoms with Crippen LogP contribution in [0.2, 0.25) is 0 Å². The van der Waals surface area contributed by atoms with Gasteiger partial charge in [-0.3, -0.25) is 0 Å². The first kappa shape index (κ1) is 26.3. The Morgan fingerprint density at radius 1 is 0.391 bits per heavy atom. The average molecular weight is 589 g/mol. The molecule has 0 saturated carbocycles. The maximum Gasteiger partial charge on any atom is 0.164 e. The van der Waals surface area contributed by atoms with Crippen LogP contribution in [-0.4, -0.2) is 19.5 Å². The van der Waals surface area contributed by atoms with Crippen LogP contribution in [0.25, 0.3) is 84.1 Å². The smallest absolute Gasteiger partial charge is 0.164 e. The lowest BCUT2D eigenvalue weighted by molar-refractivity contribution is 1.05. The van der Waals surface area contributed by atoms with E-state index in [0.29, 0.717) is 17.5 Å². The molecule has 4 heteroatoms. The minimum absolute atomic E-state index is 0.649. The molecule has 0 bridgehead atoms. The van der Waals surface area contributed by atoms with Crippen molar-refractivity contribution >= 4 is 10.9 Å². The second-order valence-electron chi connectivity index (χ2n) is 11.7. The van der Waals surface area contributed by atoms with Crippen LogP contribution in [0, 0.1) is 6.92 Å². The Bertz CT molecular complexity index is 2350. The fraction of sp³-hybridized carbons (Fsp3) is 0.0238. The third kappa shape index (κ3) is 4.11. The molecule has 0 N–H and O–H groups in total. The quantitative estimate of drug-likeness (QED) is 0.205. The first-order chi connectivity index (χ1) is 22.7. The minimum Gasteiger partial charge on any atom is -0.313 e. The summed E-state index contributed by atoms with van der Waals surface area (Å²) in [6.07, 6.45) is 0. The van der Waals surface area contributed by atoms with Crippen LogP contribution in [0.4, 0.5) is 0 Å². The first-order valence-electron chi connectivity index (χ1n) is 15.6. The summed E-state index contributed by atoms with van der Waals surface area (Å²) in [7, 11) is 0. The molecule has 0 radical (unpaired) electrons. The SMILES string of the molecule is Cc1c2c3c(cccc3n1-c1ccc(-c3nc(-c4ccccc4)nc(-c4ccccc4)n3)cc1)-c1ccccc1-c1ccccc1-2. The van der Waals surface area contributed by atoms with Crippen molar-refractivity contribution in [1.29, 1.82) is 0 Å². The van der Waals surface area contributed by atoms with Gasteiger partial charge in [-0.1, -0.05) is 121 Å². The minimum atomic E-state index is 0.649.